The number of carboxylic acid groups (broad SMARTS) is 1. The summed E-state index contributed by atoms with van der Waals surface area (Å²) in [5, 5.41) is 19.9. The van der Waals surface area contributed by atoms with Crippen LogP contribution in [-0.4, -0.2) is 24.0 Å². The van der Waals surface area contributed by atoms with Crippen molar-refractivity contribution in [2.45, 2.75) is 4.90 Å². The van der Waals surface area contributed by atoms with Gasteiger partial charge in [-0.05, 0) is 12.1 Å². The quantitative estimate of drug-likeness (QED) is 0.274. The molecule has 0 amide bonds. The zero-order valence-corrected chi connectivity index (χ0v) is 8.98. The van der Waals surface area contributed by atoms with Crippen LogP contribution in [0.5, 0.6) is 5.75 Å². The van der Waals surface area contributed by atoms with Crippen molar-refractivity contribution >= 4 is 21.8 Å². The van der Waals surface area contributed by atoms with E-state index in [0.29, 0.717) is 0 Å². The third-order valence-corrected chi connectivity index (χ3v) is 2.52. The predicted molar refractivity (Wildman–Crippen MR) is 47.1 cm³/mol. The zero-order chi connectivity index (χ0) is 11.8. The molecule has 0 saturated heterocycles. The van der Waals surface area contributed by atoms with E-state index in [1.165, 1.54) is 0 Å². The topological polar surface area (TPSA) is 141 Å². The Morgan fingerprint density at radius 3 is 2.25 bits per heavy atom. The first-order valence-electron chi connectivity index (χ1n) is 3.55. The van der Waals surface area contributed by atoms with Crippen LogP contribution in [0.25, 0.3) is 0 Å². The van der Waals surface area contributed by atoms with E-state index in [0.717, 1.165) is 12.1 Å². The molecular weight excluding hydrogens is 233 g/mol. The number of benzene rings is 1. The fourth-order valence-corrected chi connectivity index (χ4v) is 1.58. The summed E-state index contributed by atoms with van der Waals surface area (Å²) >= 11 is 0. The number of rotatable bonds is 2. The van der Waals surface area contributed by atoms with E-state index in [1.54, 1.807) is 0 Å². The van der Waals surface area contributed by atoms with Crippen LogP contribution in [0.15, 0.2) is 17.0 Å². The Balaban J connectivity index is 0.00000225. The predicted octanol–water partition coefficient (Wildman–Crippen LogP) is -3.71. The number of hydrogen-bond donors (Lipinski definition) is 3. The number of nitrogens with two attached hydrogens (primary N) is 1. The molecule has 0 aromatic heterocycles. The summed E-state index contributed by atoms with van der Waals surface area (Å²) in [4.78, 5) is 9.56. The number of hydrogen-bond acceptors (Lipinski definition) is 5. The maximum atomic E-state index is 11.3. The third kappa shape index (κ3) is 2.68. The van der Waals surface area contributed by atoms with Gasteiger partial charge in [0.05, 0.1) is 10.5 Å². The SMILES string of the molecule is Nc1ccc(S(=O)(=O)O)c([O-])c1C(=O)O.[Li+]. The molecule has 0 aliphatic rings. The molecule has 1 aromatic carbocycles. The molecule has 0 fully saturated rings. The Hall–Kier alpha value is -1.20. The molecule has 0 radical (unpaired) electrons. The van der Waals surface area contributed by atoms with Gasteiger partial charge in [0.1, 0.15) is 0 Å². The van der Waals surface area contributed by atoms with Crippen molar-refractivity contribution in [3.63, 3.8) is 0 Å². The second kappa shape index (κ2) is 4.76. The summed E-state index contributed by atoms with van der Waals surface area (Å²) in [5.74, 6) is -2.98. The zero-order valence-electron chi connectivity index (χ0n) is 8.17. The van der Waals surface area contributed by atoms with Gasteiger partial charge in [-0.2, -0.15) is 8.42 Å². The summed E-state index contributed by atoms with van der Waals surface area (Å²) in [7, 11) is -4.74. The number of carboxylic acids is 1. The molecule has 0 spiro atoms. The van der Waals surface area contributed by atoms with Gasteiger partial charge < -0.3 is 15.9 Å². The van der Waals surface area contributed by atoms with Crippen LogP contribution >= 0.6 is 0 Å². The minimum Gasteiger partial charge on any atom is -0.871 e. The van der Waals surface area contributed by atoms with Gasteiger partial charge in [-0.1, -0.05) is 5.75 Å². The Kier molecular flexibility index (Phi) is 4.40. The summed E-state index contributed by atoms with van der Waals surface area (Å²) in [6.07, 6.45) is 0. The Morgan fingerprint density at radius 2 is 1.88 bits per heavy atom. The number of nitrogen functional groups attached to an aromatic ring is 1. The molecule has 0 aliphatic heterocycles. The summed E-state index contributed by atoms with van der Waals surface area (Å²) in [6.45, 7) is 0. The van der Waals surface area contributed by atoms with Crippen LogP contribution in [0.4, 0.5) is 5.69 Å². The first kappa shape index (κ1) is 14.8. The van der Waals surface area contributed by atoms with Gasteiger partial charge in [-0.3, -0.25) is 4.55 Å². The molecule has 4 N–H and O–H groups in total. The largest absolute Gasteiger partial charge is 1.00 e. The second-order valence-corrected chi connectivity index (χ2v) is 4.03. The summed E-state index contributed by atoms with van der Waals surface area (Å²) in [5.41, 5.74) is 3.95. The van der Waals surface area contributed by atoms with E-state index < -0.39 is 32.3 Å². The summed E-state index contributed by atoms with van der Waals surface area (Å²) < 4.78 is 29.9. The minimum atomic E-state index is -4.74. The summed E-state index contributed by atoms with van der Waals surface area (Å²) in [6, 6.07) is 1.67. The van der Waals surface area contributed by atoms with Crippen molar-refractivity contribution in [2.75, 3.05) is 5.73 Å². The molecule has 16 heavy (non-hydrogen) atoms. The van der Waals surface area contributed by atoms with Crippen LogP contribution in [0.3, 0.4) is 0 Å². The monoisotopic (exact) mass is 239 g/mol. The van der Waals surface area contributed by atoms with Crippen molar-refractivity contribution in [3.8, 4) is 5.75 Å². The first-order chi connectivity index (χ1) is 6.75. The third-order valence-electron chi connectivity index (χ3n) is 1.65. The molecular formula is C7H6LiNO6S. The maximum absolute atomic E-state index is 11.3. The second-order valence-electron chi connectivity index (χ2n) is 2.64. The van der Waals surface area contributed by atoms with Crippen molar-refractivity contribution in [1.29, 1.82) is 0 Å². The van der Waals surface area contributed by atoms with Crippen LogP contribution in [0.2, 0.25) is 0 Å². The molecule has 9 heteroatoms. The van der Waals surface area contributed by atoms with Crippen LogP contribution in [0.1, 0.15) is 10.4 Å². The maximum Gasteiger partial charge on any atom is 1.00 e. The molecule has 0 bridgehead atoms. The van der Waals surface area contributed by atoms with Crippen molar-refractivity contribution in [1.82, 2.24) is 0 Å². The van der Waals surface area contributed by atoms with Gasteiger partial charge in [0.25, 0.3) is 10.1 Å². The van der Waals surface area contributed by atoms with Crippen LogP contribution in [0, 0.1) is 0 Å². The van der Waals surface area contributed by atoms with Crippen LogP contribution in [-0.2, 0) is 10.1 Å². The molecule has 1 aromatic rings. The molecule has 82 valence electrons. The van der Waals surface area contributed by atoms with Gasteiger partial charge in [0.2, 0.25) is 0 Å². The number of aromatic carboxylic acids is 1. The van der Waals surface area contributed by atoms with E-state index in [1.807, 2.05) is 0 Å². The van der Waals surface area contributed by atoms with E-state index in [4.69, 9.17) is 15.4 Å². The van der Waals surface area contributed by atoms with Crippen molar-refractivity contribution in [3.05, 3.63) is 17.7 Å². The van der Waals surface area contributed by atoms with E-state index >= 15 is 0 Å². The molecule has 0 heterocycles. The van der Waals surface area contributed by atoms with Crippen molar-refractivity contribution in [2.24, 2.45) is 0 Å². The fraction of sp³-hybridized carbons (Fsp3) is 0. The number of carbonyl (C=O) groups is 1. The molecule has 0 unspecified atom stereocenters. The first-order valence-corrected chi connectivity index (χ1v) is 4.99. The number of anilines is 1. The Labute approximate surface area is 103 Å². The van der Waals surface area contributed by atoms with Gasteiger partial charge in [-0.25, -0.2) is 4.79 Å². The van der Waals surface area contributed by atoms with Gasteiger partial charge in [0.15, 0.2) is 0 Å². The average molecular weight is 239 g/mol. The van der Waals surface area contributed by atoms with E-state index in [9.17, 15) is 18.3 Å². The molecule has 0 aliphatic carbocycles. The fourth-order valence-electron chi connectivity index (χ4n) is 1.00. The normalized spacial score (nSPS) is 10.6. The molecule has 0 atom stereocenters. The Morgan fingerprint density at radius 1 is 1.38 bits per heavy atom. The van der Waals surface area contributed by atoms with Gasteiger partial charge >= 0.3 is 24.8 Å². The van der Waals surface area contributed by atoms with E-state index in [2.05, 4.69) is 0 Å². The molecule has 1 rings (SSSR count). The average Bonchev–Trinajstić information content (AvgIpc) is 2.00. The van der Waals surface area contributed by atoms with Gasteiger partial charge in [0, 0.05) is 5.69 Å². The van der Waals surface area contributed by atoms with Gasteiger partial charge in [-0.15, -0.1) is 0 Å². The van der Waals surface area contributed by atoms with Crippen LogP contribution < -0.4 is 29.7 Å². The molecule has 0 saturated carbocycles. The minimum absolute atomic E-state index is 0. The van der Waals surface area contributed by atoms with E-state index in [-0.39, 0.29) is 24.5 Å². The standard InChI is InChI=1S/C7H7NO6S.Li/c8-3-1-2-4(15(12,13)14)6(9)5(3)7(10)11;/h1-2,9H,8H2,(H,10,11)(H,12,13,14);/q;+1/p-1. The van der Waals surface area contributed by atoms with Crippen molar-refractivity contribution < 1.29 is 46.8 Å². The Bertz CT molecular complexity index is 526. The smallest absolute Gasteiger partial charge is 0.871 e. The molecule has 7 nitrogen and oxygen atoms in total.